The average molecular weight is 372 g/mol. The van der Waals surface area contributed by atoms with Gasteiger partial charge in [-0.2, -0.15) is 13.4 Å². The number of amidine groups is 1. The van der Waals surface area contributed by atoms with Gasteiger partial charge in [0.25, 0.3) is 10.0 Å². The zero-order chi connectivity index (χ0) is 18.3. The van der Waals surface area contributed by atoms with Crippen LogP contribution in [-0.2, 0) is 10.0 Å². The van der Waals surface area contributed by atoms with Crippen molar-refractivity contribution in [1.82, 2.24) is 14.9 Å². The number of aromatic nitrogens is 2. The van der Waals surface area contributed by atoms with Gasteiger partial charge in [-0.1, -0.05) is 12.1 Å². The van der Waals surface area contributed by atoms with E-state index in [1.165, 1.54) is 0 Å². The summed E-state index contributed by atoms with van der Waals surface area (Å²) in [7, 11) is 0.241. The fraction of sp³-hybridized carbons (Fsp3) is 0.353. The summed E-state index contributed by atoms with van der Waals surface area (Å²) in [5.41, 5.74) is 0.692. The predicted molar refractivity (Wildman–Crippen MR) is 100 cm³/mol. The van der Waals surface area contributed by atoms with Gasteiger partial charge in [-0.25, -0.2) is 4.98 Å². The number of anilines is 2. The molecular weight excluding hydrogens is 352 g/mol. The topological polar surface area (TPSA) is 82.0 Å². The second-order valence-corrected chi connectivity index (χ2v) is 8.04. The van der Waals surface area contributed by atoms with E-state index in [0.717, 1.165) is 18.9 Å². The van der Waals surface area contributed by atoms with Gasteiger partial charge in [-0.3, -0.25) is 0 Å². The molecule has 4 rings (SSSR count). The van der Waals surface area contributed by atoms with Crippen molar-refractivity contribution in [1.29, 1.82) is 0 Å². The van der Waals surface area contributed by atoms with Gasteiger partial charge in [0.1, 0.15) is 10.7 Å². The van der Waals surface area contributed by atoms with Crippen molar-refractivity contribution in [3.05, 3.63) is 42.1 Å². The lowest BCUT2D eigenvalue weighted by atomic mass is 10.1. The standard InChI is InChI=1S/C17H20N6O2S/c1-21(2)17-18-8-7-15(19-17)22-9-11-23(12-10-22)16-13-5-3-4-6-14(13)26(24,25)20-16/h3-8H,9-12H2,1-2H3. The first-order chi connectivity index (χ1) is 12.5. The maximum Gasteiger partial charge on any atom is 0.285 e. The van der Waals surface area contributed by atoms with E-state index in [0.29, 0.717) is 35.3 Å². The van der Waals surface area contributed by atoms with E-state index >= 15 is 0 Å². The first kappa shape index (κ1) is 16.8. The number of sulfonamides is 1. The Bertz CT molecular complexity index is 965. The Kier molecular flexibility index (Phi) is 4.03. The summed E-state index contributed by atoms with van der Waals surface area (Å²) in [4.78, 5) is 15.2. The lowest BCUT2D eigenvalue weighted by Crippen LogP contribution is -2.49. The maximum atomic E-state index is 12.2. The van der Waals surface area contributed by atoms with Crippen molar-refractivity contribution < 1.29 is 8.42 Å². The second kappa shape index (κ2) is 6.24. The molecule has 3 heterocycles. The van der Waals surface area contributed by atoms with E-state index in [-0.39, 0.29) is 0 Å². The quantitative estimate of drug-likeness (QED) is 0.772. The van der Waals surface area contributed by atoms with Crippen LogP contribution >= 0.6 is 0 Å². The molecule has 0 radical (unpaired) electrons. The van der Waals surface area contributed by atoms with Crippen LogP contribution in [-0.4, -0.2) is 69.4 Å². The molecule has 2 aliphatic heterocycles. The fourth-order valence-corrected chi connectivity index (χ4v) is 4.42. The SMILES string of the molecule is CN(C)c1nccc(N2CCN(C3=NS(=O)(=O)c4ccccc43)CC2)n1. The molecule has 1 aromatic carbocycles. The zero-order valence-electron chi connectivity index (χ0n) is 14.7. The van der Waals surface area contributed by atoms with Crippen LogP contribution in [0.2, 0.25) is 0 Å². The van der Waals surface area contributed by atoms with Crippen molar-refractivity contribution in [2.45, 2.75) is 4.90 Å². The van der Waals surface area contributed by atoms with Crippen LogP contribution < -0.4 is 9.80 Å². The van der Waals surface area contributed by atoms with Gasteiger partial charge in [0.05, 0.1) is 0 Å². The third-order valence-corrected chi connectivity index (χ3v) is 5.87. The van der Waals surface area contributed by atoms with E-state index in [1.54, 1.807) is 18.3 Å². The summed E-state index contributed by atoms with van der Waals surface area (Å²) >= 11 is 0. The van der Waals surface area contributed by atoms with Crippen molar-refractivity contribution in [3.63, 3.8) is 0 Å². The van der Waals surface area contributed by atoms with Crippen LogP contribution in [0.1, 0.15) is 5.56 Å². The van der Waals surface area contributed by atoms with Crippen LogP contribution in [0, 0.1) is 0 Å². The summed E-state index contributed by atoms with van der Waals surface area (Å²) < 4.78 is 28.5. The highest BCUT2D eigenvalue weighted by atomic mass is 32.2. The molecule has 8 nitrogen and oxygen atoms in total. The number of fused-ring (bicyclic) bond motifs is 1. The minimum Gasteiger partial charge on any atom is -0.353 e. The monoisotopic (exact) mass is 372 g/mol. The lowest BCUT2D eigenvalue weighted by molar-refractivity contribution is 0.386. The molecule has 1 fully saturated rings. The first-order valence-electron chi connectivity index (χ1n) is 8.40. The highest BCUT2D eigenvalue weighted by molar-refractivity contribution is 7.90. The molecule has 1 saturated heterocycles. The number of benzene rings is 1. The molecule has 1 aromatic heterocycles. The van der Waals surface area contributed by atoms with E-state index < -0.39 is 10.0 Å². The minimum atomic E-state index is -3.58. The Balaban J connectivity index is 1.52. The predicted octanol–water partition coefficient (Wildman–Crippen LogP) is 0.814. The van der Waals surface area contributed by atoms with Crippen molar-refractivity contribution in [3.8, 4) is 0 Å². The van der Waals surface area contributed by atoms with Gasteiger partial charge in [-0.05, 0) is 18.2 Å². The van der Waals surface area contributed by atoms with Crippen molar-refractivity contribution in [2.75, 3.05) is 50.1 Å². The third kappa shape index (κ3) is 2.88. The van der Waals surface area contributed by atoms with Crippen molar-refractivity contribution >= 4 is 27.6 Å². The summed E-state index contributed by atoms with van der Waals surface area (Å²) in [5, 5.41) is 0. The highest BCUT2D eigenvalue weighted by Crippen LogP contribution is 2.28. The van der Waals surface area contributed by atoms with Gasteiger partial charge in [0.15, 0.2) is 5.84 Å². The van der Waals surface area contributed by atoms with E-state index in [9.17, 15) is 8.42 Å². The summed E-state index contributed by atoms with van der Waals surface area (Å²) in [6, 6.07) is 8.90. The molecule has 0 N–H and O–H groups in total. The van der Waals surface area contributed by atoms with E-state index in [1.807, 2.05) is 42.1 Å². The van der Waals surface area contributed by atoms with Gasteiger partial charge < -0.3 is 14.7 Å². The molecule has 0 bridgehead atoms. The molecule has 0 spiro atoms. The Labute approximate surface area is 152 Å². The van der Waals surface area contributed by atoms with Crippen LogP contribution in [0.25, 0.3) is 0 Å². The number of hydrogen-bond acceptors (Lipinski definition) is 7. The summed E-state index contributed by atoms with van der Waals surface area (Å²) in [5.74, 6) is 2.10. The second-order valence-electron chi connectivity index (χ2n) is 6.47. The third-order valence-electron chi connectivity index (χ3n) is 4.54. The molecule has 136 valence electrons. The molecule has 0 aliphatic carbocycles. The van der Waals surface area contributed by atoms with Gasteiger partial charge in [0.2, 0.25) is 5.95 Å². The number of piperazine rings is 1. The Morgan fingerprint density at radius 1 is 1.00 bits per heavy atom. The Morgan fingerprint density at radius 2 is 1.69 bits per heavy atom. The highest BCUT2D eigenvalue weighted by Gasteiger charge is 2.33. The molecule has 2 aliphatic rings. The van der Waals surface area contributed by atoms with Crippen LogP contribution in [0.15, 0.2) is 45.8 Å². The maximum absolute atomic E-state index is 12.2. The molecule has 0 amide bonds. The zero-order valence-corrected chi connectivity index (χ0v) is 15.5. The number of hydrogen-bond donors (Lipinski definition) is 0. The van der Waals surface area contributed by atoms with Gasteiger partial charge >= 0.3 is 0 Å². The largest absolute Gasteiger partial charge is 0.353 e. The van der Waals surface area contributed by atoms with E-state index in [4.69, 9.17) is 0 Å². The molecule has 0 saturated carbocycles. The van der Waals surface area contributed by atoms with Crippen LogP contribution in [0.5, 0.6) is 0 Å². The normalized spacial score (nSPS) is 18.5. The molecule has 2 aromatic rings. The molecular formula is C17H20N6O2S. The van der Waals surface area contributed by atoms with Crippen molar-refractivity contribution in [2.24, 2.45) is 4.40 Å². The summed E-state index contributed by atoms with van der Waals surface area (Å²) in [6.07, 6.45) is 1.76. The number of rotatable bonds is 2. The minimum absolute atomic E-state index is 0.295. The fourth-order valence-electron chi connectivity index (χ4n) is 3.19. The van der Waals surface area contributed by atoms with Gasteiger partial charge in [-0.15, -0.1) is 4.40 Å². The van der Waals surface area contributed by atoms with E-state index in [2.05, 4.69) is 19.3 Å². The molecule has 0 atom stereocenters. The summed E-state index contributed by atoms with van der Waals surface area (Å²) in [6.45, 7) is 2.85. The Hall–Kier alpha value is -2.68. The van der Waals surface area contributed by atoms with Crippen LogP contribution in [0.4, 0.5) is 11.8 Å². The van der Waals surface area contributed by atoms with Gasteiger partial charge in [0, 0.05) is 52.0 Å². The molecule has 9 heteroatoms. The Morgan fingerprint density at radius 3 is 2.42 bits per heavy atom. The average Bonchev–Trinajstić information content (AvgIpc) is 2.94. The number of nitrogens with zero attached hydrogens (tertiary/aromatic N) is 6. The molecule has 26 heavy (non-hydrogen) atoms. The first-order valence-corrected chi connectivity index (χ1v) is 9.84. The van der Waals surface area contributed by atoms with Crippen LogP contribution in [0.3, 0.4) is 0 Å². The smallest absolute Gasteiger partial charge is 0.285 e. The lowest BCUT2D eigenvalue weighted by Gasteiger charge is -2.36. The molecule has 0 unspecified atom stereocenters.